The van der Waals surface area contributed by atoms with Crippen LogP contribution >= 0.6 is 0 Å². The minimum Gasteiger partial charge on any atom is -0.313 e. The Kier molecular flexibility index (Phi) is 6.84. The smallest absolute Gasteiger partial charge is 0.0271 e. The Bertz CT molecular complexity index is 234. The van der Waals surface area contributed by atoms with Crippen molar-refractivity contribution in [2.45, 2.75) is 45.6 Å². The molecule has 0 aliphatic heterocycles. The fourth-order valence-electron chi connectivity index (χ4n) is 1.59. The van der Waals surface area contributed by atoms with Crippen LogP contribution in [0.15, 0.2) is 24.5 Å². The van der Waals surface area contributed by atoms with Gasteiger partial charge in [-0.15, -0.1) is 0 Å². The molecule has 0 aromatic carbocycles. The van der Waals surface area contributed by atoms with Gasteiger partial charge in [0.05, 0.1) is 0 Å². The van der Waals surface area contributed by atoms with Crippen LogP contribution in [0.5, 0.6) is 0 Å². The van der Waals surface area contributed by atoms with E-state index in [1.807, 2.05) is 12.4 Å². The molecule has 0 radical (unpaired) electrons. The first-order valence-corrected chi connectivity index (χ1v) is 6.03. The molecule has 1 aromatic rings. The molecule has 15 heavy (non-hydrogen) atoms. The van der Waals surface area contributed by atoms with Crippen LogP contribution in [0.3, 0.4) is 0 Å². The van der Waals surface area contributed by atoms with E-state index in [1.165, 1.54) is 37.7 Å². The van der Waals surface area contributed by atoms with E-state index < -0.39 is 0 Å². The summed E-state index contributed by atoms with van der Waals surface area (Å²) in [6.45, 7) is 4.35. The zero-order valence-electron chi connectivity index (χ0n) is 9.71. The van der Waals surface area contributed by atoms with E-state index in [1.54, 1.807) is 0 Å². The second-order valence-electron chi connectivity index (χ2n) is 3.95. The van der Waals surface area contributed by atoms with Crippen molar-refractivity contribution in [3.63, 3.8) is 0 Å². The van der Waals surface area contributed by atoms with Crippen LogP contribution in [-0.2, 0) is 6.54 Å². The molecule has 0 spiro atoms. The van der Waals surface area contributed by atoms with Gasteiger partial charge in [-0.05, 0) is 30.7 Å². The number of rotatable bonds is 8. The number of nitrogens with zero attached hydrogens (tertiary/aromatic N) is 1. The average molecular weight is 206 g/mol. The van der Waals surface area contributed by atoms with Crippen LogP contribution in [-0.4, -0.2) is 11.5 Å². The predicted octanol–water partition coefficient (Wildman–Crippen LogP) is 3.14. The van der Waals surface area contributed by atoms with E-state index >= 15 is 0 Å². The van der Waals surface area contributed by atoms with Gasteiger partial charge in [-0.1, -0.05) is 32.6 Å². The largest absolute Gasteiger partial charge is 0.313 e. The molecule has 1 N–H and O–H groups in total. The summed E-state index contributed by atoms with van der Waals surface area (Å²) in [5, 5.41) is 3.45. The molecule has 2 heteroatoms. The first-order chi connectivity index (χ1) is 7.43. The van der Waals surface area contributed by atoms with Crippen LogP contribution in [0, 0.1) is 0 Å². The lowest BCUT2D eigenvalue weighted by atomic mass is 10.1. The summed E-state index contributed by atoms with van der Waals surface area (Å²) in [4.78, 5) is 4.00. The second kappa shape index (κ2) is 8.42. The monoisotopic (exact) mass is 206 g/mol. The molecule has 0 saturated heterocycles. The third-order valence-corrected chi connectivity index (χ3v) is 2.54. The van der Waals surface area contributed by atoms with Gasteiger partial charge in [0.1, 0.15) is 0 Å². The highest BCUT2D eigenvalue weighted by Gasteiger charge is 1.91. The zero-order valence-corrected chi connectivity index (χ0v) is 9.71. The molecule has 0 fully saturated rings. The standard InChI is InChI=1S/C13H22N2/c1-2-3-4-5-6-9-15-12-13-7-10-14-11-8-13/h7-8,10-11,15H,2-6,9,12H2,1H3. The van der Waals surface area contributed by atoms with Crippen molar-refractivity contribution in [1.82, 2.24) is 10.3 Å². The third-order valence-electron chi connectivity index (χ3n) is 2.54. The molecule has 0 aliphatic carbocycles. The van der Waals surface area contributed by atoms with E-state index in [9.17, 15) is 0 Å². The zero-order chi connectivity index (χ0) is 10.8. The molecule has 1 rings (SSSR count). The Hall–Kier alpha value is -0.890. The maximum absolute atomic E-state index is 4.00. The number of hydrogen-bond donors (Lipinski definition) is 1. The summed E-state index contributed by atoms with van der Waals surface area (Å²) in [6.07, 6.45) is 10.4. The summed E-state index contributed by atoms with van der Waals surface area (Å²) < 4.78 is 0. The third kappa shape index (κ3) is 6.24. The van der Waals surface area contributed by atoms with Gasteiger partial charge >= 0.3 is 0 Å². The maximum atomic E-state index is 4.00. The fourth-order valence-corrected chi connectivity index (χ4v) is 1.59. The minimum atomic E-state index is 0.969. The van der Waals surface area contributed by atoms with Gasteiger partial charge in [-0.3, -0.25) is 4.98 Å². The Labute approximate surface area is 93.1 Å². The quantitative estimate of drug-likeness (QED) is 0.661. The Morgan fingerprint density at radius 1 is 1.07 bits per heavy atom. The van der Waals surface area contributed by atoms with Crippen LogP contribution < -0.4 is 5.32 Å². The normalized spacial score (nSPS) is 10.5. The highest BCUT2D eigenvalue weighted by Crippen LogP contribution is 2.01. The summed E-state index contributed by atoms with van der Waals surface area (Å²) in [7, 11) is 0. The summed E-state index contributed by atoms with van der Waals surface area (Å²) in [5.41, 5.74) is 1.32. The summed E-state index contributed by atoms with van der Waals surface area (Å²) in [5.74, 6) is 0. The van der Waals surface area contributed by atoms with Gasteiger partial charge in [0.2, 0.25) is 0 Å². The Morgan fingerprint density at radius 3 is 2.53 bits per heavy atom. The SMILES string of the molecule is CCCCCCCNCc1ccncc1. The number of nitrogens with one attached hydrogen (secondary N) is 1. The Balaban J connectivity index is 1.93. The maximum Gasteiger partial charge on any atom is 0.0271 e. The molecule has 1 heterocycles. The molecule has 0 amide bonds. The van der Waals surface area contributed by atoms with Gasteiger partial charge in [0.25, 0.3) is 0 Å². The molecule has 1 aromatic heterocycles. The van der Waals surface area contributed by atoms with Gasteiger partial charge < -0.3 is 5.32 Å². The van der Waals surface area contributed by atoms with Crippen molar-refractivity contribution in [1.29, 1.82) is 0 Å². The lowest BCUT2D eigenvalue weighted by Gasteiger charge is -2.04. The van der Waals surface area contributed by atoms with Crippen molar-refractivity contribution in [3.05, 3.63) is 30.1 Å². The predicted molar refractivity (Wildman–Crippen MR) is 64.7 cm³/mol. The highest BCUT2D eigenvalue weighted by atomic mass is 14.8. The highest BCUT2D eigenvalue weighted by molar-refractivity contribution is 5.08. The van der Waals surface area contributed by atoms with Crippen molar-refractivity contribution in [2.24, 2.45) is 0 Å². The molecule has 84 valence electrons. The van der Waals surface area contributed by atoms with Gasteiger partial charge in [0, 0.05) is 18.9 Å². The lowest BCUT2D eigenvalue weighted by molar-refractivity contribution is 0.583. The van der Waals surface area contributed by atoms with Crippen LogP contribution in [0.25, 0.3) is 0 Å². The molecule has 2 nitrogen and oxygen atoms in total. The van der Waals surface area contributed by atoms with Crippen LogP contribution in [0.1, 0.15) is 44.6 Å². The molecule has 0 saturated carbocycles. The molecule has 0 unspecified atom stereocenters. The molecule has 0 bridgehead atoms. The minimum absolute atomic E-state index is 0.969. The van der Waals surface area contributed by atoms with Crippen molar-refractivity contribution < 1.29 is 0 Å². The van der Waals surface area contributed by atoms with Gasteiger partial charge in [0.15, 0.2) is 0 Å². The number of aromatic nitrogens is 1. The van der Waals surface area contributed by atoms with E-state index in [2.05, 4.69) is 29.4 Å². The molecular weight excluding hydrogens is 184 g/mol. The average Bonchev–Trinajstić information content (AvgIpc) is 2.29. The number of pyridine rings is 1. The first-order valence-electron chi connectivity index (χ1n) is 6.03. The van der Waals surface area contributed by atoms with Crippen molar-refractivity contribution in [2.75, 3.05) is 6.54 Å². The van der Waals surface area contributed by atoms with Gasteiger partial charge in [-0.2, -0.15) is 0 Å². The molecule has 0 aliphatic rings. The van der Waals surface area contributed by atoms with E-state index in [4.69, 9.17) is 0 Å². The van der Waals surface area contributed by atoms with Gasteiger partial charge in [-0.25, -0.2) is 0 Å². The topological polar surface area (TPSA) is 24.9 Å². The second-order valence-corrected chi connectivity index (χ2v) is 3.95. The fraction of sp³-hybridized carbons (Fsp3) is 0.615. The first kappa shape index (κ1) is 12.2. The van der Waals surface area contributed by atoms with Crippen LogP contribution in [0.4, 0.5) is 0 Å². The molecular formula is C13H22N2. The summed E-state index contributed by atoms with van der Waals surface area (Å²) >= 11 is 0. The summed E-state index contributed by atoms with van der Waals surface area (Å²) in [6, 6.07) is 4.12. The van der Waals surface area contributed by atoms with E-state index in [-0.39, 0.29) is 0 Å². The van der Waals surface area contributed by atoms with Crippen LogP contribution in [0.2, 0.25) is 0 Å². The van der Waals surface area contributed by atoms with Crippen molar-refractivity contribution >= 4 is 0 Å². The number of unbranched alkanes of at least 4 members (excludes halogenated alkanes) is 4. The van der Waals surface area contributed by atoms with E-state index in [0.29, 0.717) is 0 Å². The molecule has 0 atom stereocenters. The number of hydrogen-bond acceptors (Lipinski definition) is 2. The lowest BCUT2D eigenvalue weighted by Crippen LogP contribution is -2.14. The van der Waals surface area contributed by atoms with Crippen molar-refractivity contribution in [3.8, 4) is 0 Å². The van der Waals surface area contributed by atoms with E-state index in [0.717, 1.165) is 13.1 Å². The Morgan fingerprint density at radius 2 is 1.80 bits per heavy atom.